The second-order valence-corrected chi connectivity index (χ2v) is 4.21. The molecule has 0 spiro atoms. The van der Waals surface area contributed by atoms with Crippen molar-refractivity contribution < 1.29 is 14.7 Å². The van der Waals surface area contributed by atoms with Crippen LogP contribution in [0.4, 0.5) is 0 Å². The molecule has 2 aliphatic heterocycles. The third-order valence-corrected chi connectivity index (χ3v) is 3.26. The number of hydrogen-bond donors (Lipinski definition) is 2. The molecule has 14 heavy (non-hydrogen) atoms. The van der Waals surface area contributed by atoms with Crippen LogP contribution in [0.5, 0.6) is 0 Å². The highest BCUT2D eigenvalue weighted by molar-refractivity contribution is 5.84. The van der Waals surface area contributed by atoms with Crippen molar-refractivity contribution in [1.82, 2.24) is 4.90 Å². The van der Waals surface area contributed by atoms with Gasteiger partial charge in [-0.1, -0.05) is 0 Å². The number of nitrogens with two attached hydrogens (primary N) is 1. The Morgan fingerprint density at radius 3 is 2.64 bits per heavy atom. The van der Waals surface area contributed by atoms with Crippen LogP contribution in [-0.4, -0.2) is 40.5 Å². The summed E-state index contributed by atoms with van der Waals surface area (Å²) < 4.78 is 0. The van der Waals surface area contributed by atoms with Crippen LogP contribution in [-0.2, 0) is 9.59 Å². The zero-order valence-corrected chi connectivity index (χ0v) is 8.01. The number of hydrogen-bond acceptors (Lipinski definition) is 3. The number of carbonyl (C=O) groups excluding carboxylic acids is 1. The minimum absolute atomic E-state index is 0.101. The first-order valence-electron chi connectivity index (χ1n) is 4.81. The van der Waals surface area contributed by atoms with E-state index in [1.54, 1.807) is 11.8 Å². The molecule has 3 N–H and O–H groups in total. The van der Waals surface area contributed by atoms with Gasteiger partial charge in [-0.25, -0.2) is 0 Å². The Morgan fingerprint density at radius 1 is 1.57 bits per heavy atom. The molecule has 0 radical (unpaired) electrons. The highest BCUT2D eigenvalue weighted by Gasteiger charge is 2.57. The molecule has 1 saturated carbocycles. The number of carboxylic acids is 1. The number of nitrogens with zero attached hydrogens (tertiary/aromatic N) is 1. The van der Waals surface area contributed by atoms with Crippen molar-refractivity contribution in [2.24, 2.45) is 17.6 Å². The fraction of sp³-hybridized carbons (Fsp3) is 0.778. The first-order valence-corrected chi connectivity index (χ1v) is 4.81. The molecule has 0 aromatic heterocycles. The van der Waals surface area contributed by atoms with Crippen molar-refractivity contribution in [2.45, 2.75) is 25.4 Å². The summed E-state index contributed by atoms with van der Waals surface area (Å²) in [6.45, 7) is 2.20. The topological polar surface area (TPSA) is 83.6 Å². The van der Waals surface area contributed by atoms with Crippen molar-refractivity contribution in [2.75, 3.05) is 6.54 Å². The van der Waals surface area contributed by atoms with Gasteiger partial charge >= 0.3 is 5.97 Å². The summed E-state index contributed by atoms with van der Waals surface area (Å²) >= 11 is 0. The van der Waals surface area contributed by atoms with Crippen LogP contribution < -0.4 is 5.73 Å². The summed E-state index contributed by atoms with van der Waals surface area (Å²) in [5.41, 5.74) is 5.48. The lowest BCUT2D eigenvalue weighted by atomic mass is 9.74. The van der Waals surface area contributed by atoms with Crippen molar-refractivity contribution in [3.63, 3.8) is 0 Å². The minimum Gasteiger partial charge on any atom is -0.481 e. The number of carbonyl (C=O) groups is 2. The molecule has 3 aliphatic rings. The van der Waals surface area contributed by atoms with Crippen LogP contribution in [0.15, 0.2) is 0 Å². The molecule has 0 aromatic carbocycles. The zero-order chi connectivity index (χ0) is 10.5. The lowest BCUT2D eigenvalue weighted by molar-refractivity contribution is -0.148. The molecule has 1 aliphatic carbocycles. The van der Waals surface area contributed by atoms with Gasteiger partial charge in [0.2, 0.25) is 5.91 Å². The smallest absolute Gasteiger partial charge is 0.308 e. The monoisotopic (exact) mass is 198 g/mol. The Bertz CT molecular complexity index is 290. The highest BCUT2D eigenvalue weighted by Crippen LogP contribution is 2.46. The highest BCUT2D eigenvalue weighted by atomic mass is 16.4. The number of aliphatic carboxylic acids is 1. The Morgan fingerprint density at radius 2 is 2.21 bits per heavy atom. The fourth-order valence-corrected chi connectivity index (χ4v) is 2.50. The van der Waals surface area contributed by atoms with Gasteiger partial charge in [0.25, 0.3) is 0 Å². The average molecular weight is 198 g/mol. The molecule has 2 heterocycles. The molecule has 5 nitrogen and oxygen atoms in total. The van der Waals surface area contributed by atoms with Crippen molar-refractivity contribution in [1.29, 1.82) is 0 Å². The Balaban J connectivity index is 2.07. The van der Waals surface area contributed by atoms with Crippen LogP contribution in [0.3, 0.4) is 0 Å². The van der Waals surface area contributed by atoms with E-state index in [1.165, 1.54) is 0 Å². The number of rotatable bonds is 2. The van der Waals surface area contributed by atoms with Crippen LogP contribution in [0.2, 0.25) is 0 Å². The first kappa shape index (κ1) is 9.45. The van der Waals surface area contributed by atoms with Gasteiger partial charge in [-0.15, -0.1) is 0 Å². The van der Waals surface area contributed by atoms with E-state index in [-0.39, 0.29) is 23.8 Å². The second kappa shape index (κ2) is 2.95. The maximum atomic E-state index is 11.6. The summed E-state index contributed by atoms with van der Waals surface area (Å²) in [5.74, 6) is -1.11. The van der Waals surface area contributed by atoms with Crippen LogP contribution in [0.1, 0.15) is 13.3 Å². The largest absolute Gasteiger partial charge is 0.481 e. The molecule has 4 atom stereocenters. The predicted octanol–water partition coefficient (Wildman–Crippen LogP) is -0.735. The van der Waals surface area contributed by atoms with Crippen molar-refractivity contribution in [3.8, 4) is 0 Å². The summed E-state index contributed by atoms with van der Waals surface area (Å²) in [7, 11) is 0. The zero-order valence-electron chi connectivity index (χ0n) is 8.01. The maximum absolute atomic E-state index is 11.6. The molecule has 2 saturated heterocycles. The molecule has 0 aromatic rings. The van der Waals surface area contributed by atoms with E-state index in [4.69, 9.17) is 10.8 Å². The third kappa shape index (κ3) is 1.12. The van der Waals surface area contributed by atoms with Gasteiger partial charge in [-0.3, -0.25) is 9.59 Å². The standard InChI is InChI=1S/C9H14N2O3/c1-4(10)8(12)11-3-5-2-6(11)7(5)9(13)14/h4-7H,2-3,10H2,1H3,(H,13,14)/t4-,5?,6?,7?/m1/s1. The van der Waals surface area contributed by atoms with E-state index in [9.17, 15) is 9.59 Å². The first-order chi connectivity index (χ1) is 6.52. The van der Waals surface area contributed by atoms with Gasteiger partial charge in [-0.2, -0.15) is 0 Å². The molecule has 3 fully saturated rings. The SMILES string of the molecule is C[C@@H](N)C(=O)N1CC2CC1C2C(=O)O. The van der Waals surface area contributed by atoms with E-state index >= 15 is 0 Å². The summed E-state index contributed by atoms with van der Waals surface area (Å²) in [6, 6.07) is -0.625. The predicted molar refractivity (Wildman–Crippen MR) is 48.4 cm³/mol. The lowest BCUT2D eigenvalue weighted by Gasteiger charge is -2.33. The summed E-state index contributed by atoms with van der Waals surface area (Å²) in [4.78, 5) is 24.0. The molecule has 78 valence electrons. The van der Waals surface area contributed by atoms with E-state index < -0.39 is 12.0 Å². The van der Waals surface area contributed by atoms with Crippen molar-refractivity contribution >= 4 is 11.9 Å². The van der Waals surface area contributed by atoms with E-state index in [2.05, 4.69) is 0 Å². The normalized spacial score (nSPS) is 36.4. The van der Waals surface area contributed by atoms with Gasteiger partial charge in [0.15, 0.2) is 0 Å². The molecular weight excluding hydrogens is 184 g/mol. The fourth-order valence-electron chi connectivity index (χ4n) is 2.50. The number of amides is 1. The molecule has 2 bridgehead atoms. The third-order valence-electron chi connectivity index (χ3n) is 3.26. The van der Waals surface area contributed by atoms with Crippen LogP contribution in [0.25, 0.3) is 0 Å². The van der Waals surface area contributed by atoms with Crippen LogP contribution in [0, 0.1) is 11.8 Å². The number of fused-ring (bicyclic) bond motifs is 1. The summed E-state index contributed by atoms with van der Waals surface area (Å²) in [6.07, 6.45) is 0.829. The van der Waals surface area contributed by atoms with E-state index in [1.807, 2.05) is 0 Å². The molecule has 5 heteroatoms. The molecule has 1 amide bonds. The van der Waals surface area contributed by atoms with Crippen LogP contribution >= 0.6 is 0 Å². The Labute approximate surface area is 81.9 Å². The van der Waals surface area contributed by atoms with Gasteiger partial charge in [0.05, 0.1) is 12.0 Å². The van der Waals surface area contributed by atoms with Gasteiger partial charge < -0.3 is 15.7 Å². The molecule has 3 unspecified atom stereocenters. The van der Waals surface area contributed by atoms with Crippen molar-refractivity contribution in [3.05, 3.63) is 0 Å². The van der Waals surface area contributed by atoms with Gasteiger partial charge in [0, 0.05) is 12.6 Å². The Hall–Kier alpha value is -1.10. The minimum atomic E-state index is -0.786. The van der Waals surface area contributed by atoms with E-state index in [0.717, 1.165) is 6.42 Å². The molecule has 3 rings (SSSR count). The van der Waals surface area contributed by atoms with E-state index in [0.29, 0.717) is 6.54 Å². The summed E-state index contributed by atoms with van der Waals surface area (Å²) in [5, 5.41) is 8.88. The maximum Gasteiger partial charge on any atom is 0.308 e. The van der Waals surface area contributed by atoms with Gasteiger partial charge in [-0.05, 0) is 19.3 Å². The average Bonchev–Trinajstić information content (AvgIpc) is 2.57. The lowest BCUT2D eigenvalue weighted by Crippen LogP contribution is -2.48. The van der Waals surface area contributed by atoms with Gasteiger partial charge in [0.1, 0.15) is 0 Å². The molecular formula is C9H14N2O3. The quantitative estimate of drug-likeness (QED) is 0.612. The second-order valence-electron chi connectivity index (χ2n) is 4.21. The Kier molecular flexibility index (Phi) is 1.99. The number of carboxylic acid groups (broad SMARTS) is 1.